The molecule has 102 valence electrons. The van der Waals surface area contributed by atoms with Gasteiger partial charge in [0, 0.05) is 5.56 Å². The zero-order valence-electron chi connectivity index (χ0n) is 10.6. The molecule has 0 amide bonds. The first-order chi connectivity index (χ1) is 9.75. The van der Waals surface area contributed by atoms with Crippen LogP contribution in [0.15, 0.2) is 59.7 Å². The molecule has 2 rings (SSSR count). The number of para-hydroxylation sites is 2. The molecule has 0 saturated heterocycles. The number of hydrogen-bond acceptors (Lipinski definition) is 4. The molecule has 6 heteroatoms. The Balaban J connectivity index is 1.79. The van der Waals surface area contributed by atoms with Crippen LogP contribution in [0.25, 0.3) is 0 Å². The molecule has 4 N–H and O–H groups in total. The number of hydrazone groups is 1. The molecule has 0 radical (unpaired) electrons. The van der Waals surface area contributed by atoms with Gasteiger partial charge in [-0.05, 0) is 36.5 Å². The Bertz CT molecular complexity index is 601. The van der Waals surface area contributed by atoms with Crippen molar-refractivity contribution in [1.82, 2.24) is 10.9 Å². The third-order valence-electron chi connectivity index (χ3n) is 2.40. The fraction of sp³-hybridized carbons (Fsp3) is 0. The third kappa shape index (κ3) is 4.25. The Hall–Kier alpha value is -2.60. The molecule has 0 saturated carbocycles. The molecule has 0 aliphatic carbocycles. The van der Waals surface area contributed by atoms with Crippen LogP contribution in [-0.2, 0) is 0 Å². The molecule has 0 aliphatic heterocycles. The Labute approximate surface area is 122 Å². The highest BCUT2D eigenvalue weighted by Crippen LogP contribution is 2.12. The SMILES string of the molecule is Oc1ccccc1/C=N/NC(=S)NNc1ccccc1. The molecule has 0 spiro atoms. The van der Waals surface area contributed by atoms with Crippen molar-refractivity contribution in [3.05, 3.63) is 60.2 Å². The summed E-state index contributed by atoms with van der Waals surface area (Å²) in [7, 11) is 0. The summed E-state index contributed by atoms with van der Waals surface area (Å²) in [5, 5.41) is 13.8. The lowest BCUT2D eigenvalue weighted by molar-refractivity contribution is 0.474. The van der Waals surface area contributed by atoms with Crippen LogP contribution in [0.5, 0.6) is 5.75 Å². The molecule has 0 unspecified atom stereocenters. The summed E-state index contributed by atoms with van der Waals surface area (Å²) in [6.45, 7) is 0. The van der Waals surface area contributed by atoms with E-state index in [4.69, 9.17) is 12.2 Å². The van der Waals surface area contributed by atoms with Crippen LogP contribution >= 0.6 is 12.2 Å². The van der Waals surface area contributed by atoms with Gasteiger partial charge in [-0.1, -0.05) is 30.3 Å². The topological polar surface area (TPSA) is 68.7 Å². The number of hydrogen-bond donors (Lipinski definition) is 4. The van der Waals surface area contributed by atoms with E-state index in [2.05, 4.69) is 21.4 Å². The van der Waals surface area contributed by atoms with Crippen molar-refractivity contribution in [2.45, 2.75) is 0 Å². The highest BCUT2D eigenvalue weighted by Gasteiger charge is 1.95. The molecule has 2 aromatic carbocycles. The van der Waals surface area contributed by atoms with Crippen molar-refractivity contribution in [3.63, 3.8) is 0 Å². The number of nitrogens with zero attached hydrogens (tertiary/aromatic N) is 1. The molecule has 20 heavy (non-hydrogen) atoms. The number of nitrogens with one attached hydrogen (secondary N) is 3. The van der Waals surface area contributed by atoms with Gasteiger partial charge in [0.2, 0.25) is 5.11 Å². The maximum absolute atomic E-state index is 9.55. The third-order valence-corrected chi connectivity index (χ3v) is 2.59. The maximum Gasteiger partial charge on any atom is 0.205 e. The number of anilines is 1. The highest BCUT2D eigenvalue weighted by molar-refractivity contribution is 7.80. The zero-order chi connectivity index (χ0) is 14.2. The zero-order valence-corrected chi connectivity index (χ0v) is 11.4. The van der Waals surface area contributed by atoms with Crippen LogP contribution in [0, 0.1) is 0 Å². The Kier molecular flexibility index (Phi) is 4.91. The van der Waals surface area contributed by atoms with Gasteiger partial charge in [-0.15, -0.1) is 0 Å². The normalized spacial score (nSPS) is 10.2. The van der Waals surface area contributed by atoms with Crippen molar-refractivity contribution >= 4 is 29.2 Å². The van der Waals surface area contributed by atoms with Crippen LogP contribution in [-0.4, -0.2) is 16.4 Å². The number of aromatic hydroxyl groups is 1. The second kappa shape index (κ2) is 7.10. The molecule has 0 aromatic heterocycles. The van der Waals surface area contributed by atoms with Crippen LogP contribution in [0.4, 0.5) is 5.69 Å². The van der Waals surface area contributed by atoms with Gasteiger partial charge >= 0.3 is 0 Å². The van der Waals surface area contributed by atoms with E-state index in [1.54, 1.807) is 18.2 Å². The van der Waals surface area contributed by atoms with E-state index < -0.39 is 0 Å². The summed E-state index contributed by atoms with van der Waals surface area (Å²) in [5.41, 5.74) is 9.87. The molecule has 0 fully saturated rings. The summed E-state index contributed by atoms with van der Waals surface area (Å²) >= 11 is 5.04. The molecule has 0 atom stereocenters. The first-order valence-electron chi connectivity index (χ1n) is 5.94. The second-order valence-corrected chi connectivity index (χ2v) is 4.28. The number of phenols is 1. The molecule has 0 heterocycles. The van der Waals surface area contributed by atoms with E-state index in [1.165, 1.54) is 6.21 Å². The number of benzene rings is 2. The molecule has 5 nitrogen and oxygen atoms in total. The van der Waals surface area contributed by atoms with Gasteiger partial charge in [0.1, 0.15) is 5.75 Å². The van der Waals surface area contributed by atoms with E-state index >= 15 is 0 Å². The van der Waals surface area contributed by atoms with Gasteiger partial charge in [0.15, 0.2) is 0 Å². The number of rotatable bonds is 4. The summed E-state index contributed by atoms with van der Waals surface area (Å²) in [5.74, 6) is 0.166. The monoisotopic (exact) mass is 286 g/mol. The van der Waals surface area contributed by atoms with Crippen molar-refractivity contribution in [3.8, 4) is 5.75 Å². The maximum atomic E-state index is 9.55. The van der Waals surface area contributed by atoms with E-state index in [9.17, 15) is 5.11 Å². The van der Waals surface area contributed by atoms with Crippen LogP contribution in [0.3, 0.4) is 0 Å². The van der Waals surface area contributed by atoms with E-state index in [1.807, 2.05) is 36.4 Å². The highest BCUT2D eigenvalue weighted by atomic mass is 32.1. The summed E-state index contributed by atoms with van der Waals surface area (Å²) < 4.78 is 0. The summed E-state index contributed by atoms with van der Waals surface area (Å²) in [6.07, 6.45) is 1.49. The van der Waals surface area contributed by atoms with Crippen LogP contribution < -0.4 is 16.3 Å². The minimum Gasteiger partial charge on any atom is -0.507 e. The average Bonchev–Trinajstić information content (AvgIpc) is 2.48. The first kappa shape index (κ1) is 13.8. The van der Waals surface area contributed by atoms with Crippen molar-refractivity contribution in [1.29, 1.82) is 0 Å². The van der Waals surface area contributed by atoms with Gasteiger partial charge in [-0.2, -0.15) is 5.10 Å². The Morgan fingerprint density at radius 2 is 1.75 bits per heavy atom. The fourth-order valence-electron chi connectivity index (χ4n) is 1.44. The standard InChI is InChI=1S/C14H14N4OS/c19-13-9-5-4-6-11(13)10-15-17-14(20)18-16-12-7-2-1-3-8-12/h1-10,16,19H,(H2,17,18,20)/b15-10+. The fourth-order valence-corrected chi connectivity index (χ4v) is 1.54. The van der Waals surface area contributed by atoms with Crippen molar-refractivity contribution in [2.75, 3.05) is 5.43 Å². The summed E-state index contributed by atoms with van der Waals surface area (Å²) in [4.78, 5) is 0. The summed E-state index contributed by atoms with van der Waals surface area (Å²) in [6, 6.07) is 16.5. The molecule has 0 bridgehead atoms. The van der Waals surface area contributed by atoms with Crippen LogP contribution in [0.2, 0.25) is 0 Å². The minimum atomic E-state index is 0.166. The predicted octanol–water partition coefficient (Wildman–Crippen LogP) is 2.22. The lowest BCUT2D eigenvalue weighted by Gasteiger charge is -2.09. The molecular weight excluding hydrogens is 272 g/mol. The molecular formula is C14H14N4OS. The quantitative estimate of drug-likeness (QED) is 0.394. The molecule has 2 aromatic rings. The Morgan fingerprint density at radius 1 is 1.05 bits per heavy atom. The largest absolute Gasteiger partial charge is 0.507 e. The number of thiocarbonyl (C=S) groups is 1. The number of phenolic OH excluding ortho intramolecular Hbond substituents is 1. The van der Waals surface area contributed by atoms with E-state index in [0.29, 0.717) is 10.7 Å². The minimum absolute atomic E-state index is 0.166. The van der Waals surface area contributed by atoms with Gasteiger partial charge < -0.3 is 5.11 Å². The van der Waals surface area contributed by atoms with E-state index in [-0.39, 0.29) is 5.75 Å². The van der Waals surface area contributed by atoms with Crippen molar-refractivity contribution < 1.29 is 5.11 Å². The average molecular weight is 286 g/mol. The van der Waals surface area contributed by atoms with Gasteiger partial charge in [-0.3, -0.25) is 16.3 Å². The Morgan fingerprint density at radius 3 is 2.50 bits per heavy atom. The second-order valence-electron chi connectivity index (χ2n) is 3.87. The van der Waals surface area contributed by atoms with Crippen molar-refractivity contribution in [2.24, 2.45) is 5.10 Å². The van der Waals surface area contributed by atoms with Gasteiger partial charge in [-0.25, -0.2) is 0 Å². The lowest BCUT2D eigenvalue weighted by atomic mass is 10.2. The lowest BCUT2D eigenvalue weighted by Crippen LogP contribution is -2.36. The van der Waals surface area contributed by atoms with Gasteiger partial charge in [0.05, 0.1) is 11.9 Å². The molecule has 0 aliphatic rings. The van der Waals surface area contributed by atoms with Crippen LogP contribution in [0.1, 0.15) is 5.56 Å². The van der Waals surface area contributed by atoms with E-state index in [0.717, 1.165) is 5.69 Å². The smallest absolute Gasteiger partial charge is 0.205 e. The predicted molar refractivity (Wildman–Crippen MR) is 84.6 cm³/mol. The van der Waals surface area contributed by atoms with Gasteiger partial charge in [0.25, 0.3) is 0 Å². The first-order valence-corrected chi connectivity index (χ1v) is 6.34. The number of hydrazine groups is 1.